The van der Waals surface area contributed by atoms with Gasteiger partial charge in [-0.15, -0.1) is 0 Å². The third-order valence-corrected chi connectivity index (χ3v) is 2.88. The van der Waals surface area contributed by atoms with Crippen molar-refractivity contribution in [3.05, 3.63) is 36.9 Å². The number of aryl methyl sites for hydroxylation is 1. The first-order valence-electron chi connectivity index (χ1n) is 5.81. The molecule has 0 saturated carbocycles. The molecule has 0 fully saturated rings. The minimum Gasteiger partial charge on any atom is -0.480 e. The van der Waals surface area contributed by atoms with Crippen molar-refractivity contribution in [2.75, 3.05) is 12.4 Å². The number of anilines is 2. The van der Waals surface area contributed by atoms with Gasteiger partial charge in [-0.2, -0.15) is 0 Å². The highest BCUT2D eigenvalue weighted by molar-refractivity contribution is 5.88. The number of methoxy groups -OCH3 is 1. The van der Waals surface area contributed by atoms with Crippen LogP contribution in [-0.4, -0.2) is 26.6 Å². The topological polar surface area (TPSA) is 64.9 Å². The Morgan fingerprint density at radius 2 is 2.11 bits per heavy atom. The van der Waals surface area contributed by atoms with Crippen LogP contribution in [0, 0.1) is 0 Å². The average Bonchev–Trinajstić information content (AvgIpc) is 2.82. The summed E-state index contributed by atoms with van der Waals surface area (Å²) >= 11 is 0. The predicted octanol–water partition coefficient (Wildman–Crippen LogP) is 2.12. The van der Waals surface area contributed by atoms with Gasteiger partial charge in [0, 0.05) is 19.4 Å². The van der Waals surface area contributed by atoms with Crippen LogP contribution in [0.4, 0.5) is 11.5 Å². The van der Waals surface area contributed by atoms with Crippen LogP contribution in [0.2, 0.25) is 0 Å². The third-order valence-electron chi connectivity index (χ3n) is 2.88. The number of nitrogens with one attached hydrogen (secondary N) is 1. The smallest absolute Gasteiger partial charge is 0.237 e. The summed E-state index contributed by atoms with van der Waals surface area (Å²) in [6.07, 6.45) is 5.17. The molecule has 0 amide bonds. The lowest BCUT2D eigenvalue weighted by molar-refractivity contribution is 0.400. The molecule has 6 heteroatoms. The molecule has 0 aliphatic carbocycles. The highest BCUT2D eigenvalue weighted by Crippen LogP contribution is 2.27. The molecule has 0 aliphatic rings. The molecule has 3 aromatic rings. The summed E-state index contributed by atoms with van der Waals surface area (Å²) < 4.78 is 7.19. The maximum Gasteiger partial charge on any atom is 0.237 e. The van der Waals surface area contributed by atoms with Gasteiger partial charge in [-0.1, -0.05) is 0 Å². The minimum atomic E-state index is 0.531. The molecule has 0 unspecified atom stereocenters. The quantitative estimate of drug-likeness (QED) is 0.776. The van der Waals surface area contributed by atoms with Crippen molar-refractivity contribution >= 4 is 22.5 Å². The van der Waals surface area contributed by atoms with Gasteiger partial charge >= 0.3 is 0 Å². The number of rotatable bonds is 3. The highest BCUT2D eigenvalue weighted by Gasteiger charge is 2.10. The van der Waals surface area contributed by atoms with Gasteiger partial charge in [-0.3, -0.25) is 0 Å². The maximum absolute atomic E-state index is 5.22. The Bertz CT molecular complexity index is 722. The van der Waals surface area contributed by atoms with E-state index in [4.69, 9.17) is 4.74 Å². The van der Waals surface area contributed by atoms with E-state index in [0.717, 1.165) is 22.5 Å². The molecule has 3 rings (SSSR count). The predicted molar refractivity (Wildman–Crippen MR) is 72.6 cm³/mol. The summed E-state index contributed by atoms with van der Waals surface area (Å²) in [7, 11) is 3.54. The maximum atomic E-state index is 5.22. The molecule has 19 heavy (non-hydrogen) atoms. The van der Waals surface area contributed by atoms with Crippen LogP contribution in [-0.2, 0) is 7.05 Å². The van der Waals surface area contributed by atoms with Crippen LogP contribution >= 0.6 is 0 Å². The molecule has 0 aliphatic heterocycles. The van der Waals surface area contributed by atoms with Gasteiger partial charge in [0.15, 0.2) is 5.82 Å². The molecule has 0 aromatic carbocycles. The molecule has 6 nitrogen and oxygen atoms in total. The molecule has 3 aromatic heterocycles. The third kappa shape index (κ3) is 1.97. The number of pyridine rings is 1. The summed E-state index contributed by atoms with van der Waals surface area (Å²) in [5, 5.41) is 3.23. The monoisotopic (exact) mass is 255 g/mol. The lowest BCUT2D eigenvalue weighted by Crippen LogP contribution is -2.01. The van der Waals surface area contributed by atoms with Crippen molar-refractivity contribution in [2.24, 2.45) is 7.05 Å². The molecule has 1 N–H and O–H groups in total. The van der Waals surface area contributed by atoms with Crippen molar-refractivity contribution < 1.29 is 4.74 Å². The lowest BCUT2D eigenvalue weighted by Gasteiger charge is -2.10. The Morgan fingerprint density at radius 3 is 2.95 bits per heavy atom. The summed E-state index contributed by atoms with van der Waals surface area (Å²) in [5.74, 6) is 1.26. The Balaban J connectivity index is 2.08. The molecule has 0 spiro atoms. The first-order chi connectivity index (χ1) is 9.29. The van der Waals surface area contributed by atoms with Gasteiger partial charge in [0.05, 0.1) is 12.6 Å². The van der Waals surface area contributed by atoms with E-state index in [1.54, 1.807) is 13.3 Å². The largest absolute Gasteiger partial charge is 0.480 e. The second kappa shape index (κ2) is 4.56. The highest BCUT2D eigenvalue weighted by atomic mass is 16.5. The van der Waals surface area contributed by atoms with Crippen LogP contribution < -0.4 is 10.1 Å². The number of aromatic nitrogens is 4. The van der Waals surface area contributed by atoms with Crippen molar-refractivity contribution in [2.45, 2.75) is 0 Å². The zero-order chi connectivity index (χ0) is 13.2. The molecule has 3 heterocycles. The summed E-state index contributed by atoms with van der Waals surface area (Å²) in [6, 6.07) is 5.68. The Labute approximate surface area is 110 Å². The van der Waals surface area contributed by atoms with Crippen molar-refractivity contribution in [3.8, 4) is 5.88 Å². The standard InChI is InChI=1S/C13H13N5O/c1-18-7-5-9-11(18)12(16-8-15-9)17-10-4-3-6-14-13(10)19-2/h3-8H,1-2H3,(H,15,16,17). The number of ether oxygens (including phenoxy) is 1. The molecule has 96 valence electrons. The van der Waals surface area contributed by atoms with E-state index >= 15 is 0 Å². The zero-order valence-corrected chi connectivity index (χ0v) is 10.7. The summed E-state index contributed by atoms with van der Waals surface area (Å²) in [4.78, 5) is 12.7. The fraction of sp³-hybridized carbons (Fsp3) is 0.154. The van der Waals surface area contributed by atoms with E-state index in [9.17, 15) is 0 Å². The summed E-state index contributed by atoms with van der Waals surface area (Å²) in [6.45, 7) is 0. The van der Waals surface area contributed by atoms with Gasteiger partial charge in [-0.05, 0) is 18.2 Å². The first kappa shape index (κ1) is 11.5. The molecule has 0 atom stereocenters. The van der Waals surface area contributed by atoms with E-state index < -0.39 is 0 Å². The van der Waals surface area contributed by atoms with Gasteiger partial charge in [0.25, 0.3) is 0 Å². The first-order valence-corrected chi connectivity index (χ1v) is 5.81. The van der Waals surface area contributed by atoms with Crippen molar-refractivity contribution in [3.63, 3.8) is 0 Å². The Hall–Kier alpha value is -2.63. The Morgan fingerprint density at radius 1 is 1.21 bits per heavy atom. The van der Waals surface area contributed by atoms with Gasteiger partial charge in [0.1, 0.15) is 17.5 Å². The van der Waals surface area contributed by atoms with Crippen LogP contribution in [0.3, 0.4) is 0 Å². The van der Waals surface area contributed by atoms with Crippen molar-refractivity contribution in [1.82, 2.24) is 19.5 Å². The van der Waals surface area contributed by atoms with E-state index in [0.29, 0.717) is 5.88 Å². The number of hydrogen-bond acceptors (Lipinski definition) is 5. The number of hydrogen-bond donors (Lipinski definition) is 1. The van der Waals surface area contributed by atoms with Gasteiger partial charge in [-0.25, -0.2) is 15.0 Å². The van der Waals surface area contributed by atoms with Crippen LogP contribution in [0.1, 0.15) is 0 Å². The van der Waals surface area contributed by atoms with Crippen LogP contribution in [0.15, 0.2) is 36.9 Å². The zero-order valence-electron chi connectivity index (χ0n) is 10.7. The van der Waals surface area contributed by atoms with Crippen LogP contribution in [0.25, 0.3) is 11.0 Å². The fourth-order valence-corrected chi connectivity index (χ4v) is 1.99. The van der Waals surface area contributed by atoms with E-state index in [-0.39, 0.29) is 0 Å². The number of nitrogens with zero attached hydrogens (tertiary/aromatic N) is 4. The van der Waals surface area contributed by atoms with Crippen LogP contribution in [0.5, 0.6) is 5.88 Å². The van der Waals surface area contributed by atoms with Gasteiger partial charge < -0.3 is 14.6 Å². The number of fused-ring (bicyclic) bond motifs is 1. The lowest BCUT2D eigenvalue weighted by atomic mass is 10.3. The SMILES string of the molecule is COc1ncccc1Nc1ncnc2ccn(C)c12. The fourth-order valence-electron chi connectivity index (χ4n) is 1.99. The second-order valence-electron chi connectivity index (χ2n) is 4.07. The molecule has 0 saturated heterocycles. The molecular formula is C13H13N5O. The average molecular weight is 255 g/mol. The molecule has 0 radical (unpaired) electrons. The Kier molecular flexibility index (Phi) is 2.75. The van der Waals surface area contributed by atoms with E-state index in [1.807, 2.05) is 36.0 Å². The van der Waals surface area contributed by atoms with E-state index in [1.165, 1.54) is 6.33 Å². The molecule has 0 bridgehead atoms. The molecular weight excluding hydrogens is 242 g/mol. The van der Waals surface area contributed by atoms with E-state index in [2.05, 4.69) is 20.3 Å². The van der Waals surface area contributed by atoms with Gasteiger partial charge in [0.2, 0.25) is 5.88 Å². The normalized spacial score (nSPS) is 10.6. The van der Waals surface area contributed by atoms with Crippen molar-refractivity contribution in [1.29, 1.82) is 0 Å². The second-order valence-corrected chi connectivity index (χ2v) is 4.07. The summed E-state index contributed by atoms with van der Waals surface area (Å²) in [5.41, 5.74) is 2.60. The minimum absolute atomic E-state index is 0.531.